The fraction of sp³-hybridized carbons (Fsp3) is 0.438. The summed E-state index contributed by atoms with van der Waals surface area (Å²) < 4.78 is 23.0. The minimum atomic E-state index is -0.551. The van der Waals surface area contributed by atoms with E-state index in [0.717, 1.165) is 49.5 Å². The van der Waals surface area contributed by atoms with Crippen LogP contribution in [0.25, 0.3) is 32.9 Å². The lowest BCUT2D eigenvalue weighted by molar-refractivity contribution is -0.118. The number of hydrogen-bond donors (Lipinski definition) is 2. The molecule has 3 N–H and O–H groups in total. The van der Waals surface area contributed by atoms with Crippen molar-refractivity contribution in [1.29, 1.82) is 0 Å². The van der Waals surface area contributed by atoms with Gasteiger partial charge in [0.05, 0.1) is 10.9 Å². The first-order valence-corrected chi connectivity index (χ1v) is 15.4. The number of primary amides is 1. The molecule has 7 rings (SSSR count). The monoisotopic (exact) mass is 603 g/mol. The summed E-state index contributed by atoms with van der Waals surface area (Å²) in [5.74, 6) is -0.360. The lowest BCUT2D eigenvalue weighted by Gasteiger charge is -2.31. The van der Waals surface area contributed by atoms with E-state index in [9.17, 15) is 4.79 Å². The quantitative estimate of drug-likeness (QED) is 0.299. The lowest BCUT2D eigenvalue weighted by Crippen LogP contribution is -2.43. The Labute approximate surface area is 254 Å². The van der Waals surface area contributed by atoms with E-state index >= 15 is 4.39 Å². The van der Waals surface area contributed by atoms with Crippen LogP contribution in [0.15, 0.2) is 42.6 Å². The number of carbonyl (C=O) groups excluding carboxylic acids is 1. The first kappa shape index (κ1) is 28.2. The molecule has 2 aromatic carbocycles. The van der Waals surface area contributed by atoms with E-state index in [1.54, 1.807) is 12.3 Å². The summed E-state index contributed by atoms with van der Waals surface area (Å²) in [6.45, 7) is 3.26. The standard InChI is InChI=1S/C32H35ClFN7O2/c1-40(21-14-20(36-16-21)15-25(35)42)30-23-17-37-28(22-8-2-6-19-7-3-9-24(33)26(19)22)27(34)29(23)38-31(39-30)43-18-32-10-4-12-41(32)13-5-11-32/h2-3,6-9,17,20-21,36H,4-5,10-16,18H2,1H3,(H2,35,42). The number of amides is 1. The van der Waals surface area contributed by atoms with Crippen LogP contribution >= 0.6 is 11.6 Å². The molecule has 224 valence electrons. The van der Waals surface area contributed by atoms with Gasteiger partial charge in [-0.3, -0.25) is 14.7 Å². The smallest absolute Gasteiger partial charge is 0.319 e. The number of carbonyl (C=O) groups is 1. The number of nitrogens with two attached hydrogens (primary N) is 1. The van der Waals surface area contributed by atoms with Gasteiger partial charge in [-0.1, -0.05) is 41.9 Å². The second kappa shape index (κ2) is 11.2. The molecular weight excluding hydrogens is 569 g/mol. The largest absolute Gasteiger partial charge is 0.461 e. The summed E-state index contributed by atoms with van der Waals surface area (Å²) in [7, 11) is 1.93. The van der Waals surface area contributed by atoms with E-state index in [-0.39, 0.29) is 47.2 Å². The predicted octanol–water partition coefficient (Wildman–Crippen LogP) is 4.69. The van der Waals surface area contributed by atoms with E-state index in [0.29, 0.717) is 41.4 Å². The highest BCUT2D eigenvalue weighted by molar-refractivity contribution is 6.36. The zero-order valence-corrected chi connectivity index (χ0v) is 24.9. The van der Waals surface area contributed by atoms with Gasteiger partial charge in [-0.15, -0.1) is 0 Å². The number of halogens is 2. The summed E-state index contributed by atoms with van der Waals surface area (Å²) in [6.07, 6.45) is 7.04. The minimum Gasteiger partial charge on any atom is -0.461 e. The molecule has 9 nitrogen and oxygen atoms in total. The molecule has 2 aromatic heterocycles. The van der Waals surface area contributed by atoms with Gasteiger partial charge in [0.15, 0.2) is 5.82 Å². The SMILES string of the molecule is CN(c1nc(OCC23CCCN2CCC3)nc2c(F)c(-c3cccc4cccc(Cl)c34)ncc12)C1CNC(CC(N)=O)C1. The highest BCUT2D eigenvalue weighted by atomic mass is 35.5. The first-order valence-electron chi connectivity index (χ1n) is 15.0. The van der Waals surface area contributed by atoms with Gasteiger partial charge >= 0.3 is 6.01 Å². The molecular formula is C32H35ClFN7O2. The zero-order valence-electron chi connectivity index (χ0n) is 24.2. The summed E-state index contributed by atoms with van der Waals surface area (Å²) in [4.78, 5) is 30.2. The average molecular weight is 604 g/mol. The van der Waals surface area contributed by atoms with Crippen molar-refractivity contribution in [1.82, 2.24) is 25.2 Å². The molecule has 0 radical (unpaired) electrons. The van der Waals surface area contributed by atoms with Crippen molar-refractivity contribution in [3.05, 3.63) is 53.4 Å². The highest BCUT2D eigenvalue weighted by Crippen LogP contribution is 2.40. The average Bonchev–Trinajstić information content (AvgIpc) is 3.72. The summed E-state index contributed by atoms with van der Waals surface area (Å²) in [5, 5.41) is 6.02. The third-order valence-electron chi connectivity index (χ3n) is 9.56. The Kier molecular flexibility index (Phi) is 7.31. The van der Waals surface area contributed by atoms with E-state index in [1.165, 1.54) is 0 Å². The number of nitrogens with zero attached hydrogens (tertiary/aromatic N) is 5. The van der Waals surface area contributed by atoms with Crippen LogP contribution in [0.4, 0.5) is 10.2 Å². The Balaban J connectivity index is 1.31. The van der Waals surface area contributed by atoms with Crippen molar-refractivity contribution in [2.24, 2.45) is 5.73 Å². The van der Waals surface area contributed by atoms with Crippen LogP contribution in [0.1, 0.15) is 38.5 Å². The van der Waals surface area contributed by atoms with Gasteiger partial charge in [0.2, 0.25) is 5.91 Å². The molecule has 0 saturated carbocycles. The molecule has 0 bridgehead atoms. The Morgan fingerprint density at radius 3 is 2.74 bits per heavy atom. The van der Waals surface area contributed by atoms with Crippen LogP contribution < -0.4 is 20.7 Å². The summed E-state index contributed by atoms with van der Waals surface area (Å²) >= 11 is 6.60. The maximum absolute atomic E-state index is 16.6. The molecule has 2 atom stereocenters. The molecule has 0 aliphatic carbocycles. The number of nitrogens with one attached hydrogen (secondary N) is 1. The van der Waals surface area contributed by atoms with Crippen LogP contribution in [0, 0.1) is 5.82 Å². The number of ether oxygens (including phenoxy) is 1. The van der Waals surface area contributed by atoms with E-state index in [1.807, 2.05) is 42.3 Å². The molecule has 4 aromatic rings. The molecule has 3 fully saturated rings. The number of benzene rings is 2. The third-order valence-corrected chi connectivity index (χ3v) is 9.88. The Morgan fingerprint density at radius 1 is 1.21 bits per heavy atom. The van der Waals surface area contributed by atoms with E-state index in [4.69, 9.17) is 27.1 Å². The number of anilines is 1. The first-order chi connectivity index (χ1) is 20.8. The number of fused-ring (bicyclic) bond motifs is 3. The fourth-order valence-corrected chi connectivity index (χ4v) is 7.64. The highest BCUT2D eigenvalue weighted by Gasteiger charge is 2.45. The van der Waals surface area contributed by atoms with Gasteiger partial charge in [0.1, 0.15) is 23.6 Å². The van der Waals surface area contributed by atoms with E-state index in [2.05, 4.69) is 20.2 Å². The summed E-state index contributed by atoms with van der Waals surface area (Å²) in [6, 6.07) is 11.4. The maximum atomic E-state index is 16.6. The Bertz CT molecular complexity index is 1700. The van der Waals surface area contributed by atoms with Crippen molar-refractivity contribution < 1.29 is 13.9 Å². The van der Waals surface area contributed by atoms with Crippen molar-refractivity contribution in [3.63, 3.8) is 0 Å². The fourth-order valence-electron chi connectivity index (χ4n) is 7.36. The zero-order chi connectivity index (χ0) is 29.7. The topological polar surface area (TPSA) is 110 Å². The third kappa shape index (κ3) is 5.05. The van der Waals surface area contributed by atoms with Gasteiger partial charge in [0, 0.05) is 54.3 Å². The van der Waals surface area contributed by atoms with Crippen molar-refractivity contribution >= 4 is 45.0 Å². The number of hydrogen-bond acceptors (Lipinski definition) is 8. The molecule has 3 aliphatic heterocycles. The number of rotatable bonds is 8. The minimum absolute atomic E-state index is 0.00802. The summed E-state index contributed by atoms with van der Waals surface area (Å²) in [5.41, 5.74) is 6.36. The Morgan fingerprint density at radius 2 is 1.98 bits per heavy atom. The van der Waals surface area contributed by atoms with Gasteiger partial charge in [-0.25, -0.2) is 4.39 Å². The molecule has 5 heterocycles. The molecule has 2 unspecified atom stereocenters. The van der Waals surface area contributed by atoms with Crippen LogP contribution in [0.5, 0.6) is 6.01 Å². The molecule has 43 heavy (non-hydrogen) atoms. The van der Waals surface area contributed by atoms with Crippen LogP contribution in [0.3, 0.4) is 0 Å². The lowest BCUT2D eigenvalue weighted by atomic mass is 9.95. The van der Waals surface area contributed by atoms with Gasteiger partial charge in [-0.2, -0.15) is 9.97 Å². The predicted molar refractivity (Wildman–Crippen MR) is 166 cm³/mol. The van der Waals surface area contributed by atoms with Crippen LogP contribution in [-0.4, -0.2) is 76.7 Å². The number of likely N-dealkylation sites (N-methyl/N-ethyl adjacent to an activating group) is 1. The molecule has 11 heteroatoms. The molecule has 3 aliphatic rings. The molecule has 3 saturated heterocycles. The molecule has 0 spiro atoms. The normalized spacial score (nSPS) is 21.5. The second-order valence-corrected chi connectivity index (χ2v) is 12.5. The second-order valence-electron chi connectivity index (χ2n) is 12.1. The van der Waals surface area contributed by atoms with Gasteiger partial charge in [0.25, 0.3) is 0 Å². The van der Waals surface area contributed by atoms with Crippen molar-refractivity contribution in [2.75, 3.05) is 38.2 Å². The number of aromatic nitrogens is 3. The van der Waals surface area contributed by atoms with Crippen molar-refractivity contribution in [2.45, 2.75) is 56.1 Å². The van der Waals surface area contributed by atoms with Crippen LogP contribution in [0.2, 0.25) is 5.02 Å². The van der Waals surface area contributed by atoms with Gasteiger partial charge < -0.3 is 20.7 Å². The van der Waals surface area contributed by atoms with Crippen molar-refractivity contribution in [3.8, 4) is 17.3 Å². The maximum Gasteiger partial charge on any atom is 0.319 e. The molecule has 1 amide bonds. The number of pyridine rings is 1. The van der Waals surface area contributed by atoms with E-state index < -0.39 is 5.82 Å². The Hall–Kier alpha value is -3.60. The van der Waals surface area contributed by atoms with Crippen LogP contribution in [-0.2, 0) is 4.79 Å². The van der Waals surface area contributed by atoms with Gasteiger partial charge in [-0.05, 0) is 56.6 Å².